The molecular weight excluding hydrogens is 248 g/mol. The van der Waals surface area contributed by atoms with Crippen LogP contribution in [-0.2, 0) is 6.42 Å². The SMILES string of the molecule is CC(C)NC(C)(CO)CN1CCCCc2ccccc21. The van der Waals surface area contributed by atoms with Crippen molar-refractivity contribution in [3.8, 4) is 0 Å². The molecule has 0 saturated carbocycles. The van der Waals surface area contributed by atoms with E-state index in [4.69, 9.17) is 0 Å². The Balaban J connectivity index is 2.19. The molecule has 1 unspecified atom stereocenters. The summed E-state index contributed by atoms with van der Waals surface area (Å²) in [5.74, 6) is 0. The molecular formula is C17H28N2O. The van der Waals surface area contributed by atoms with Crippen LogP contribution in [0.5, 0.6) is 0 Å². The standard InChI is InChI=1S/C17H28N2O/c1-14(2)18-17(3,13-20)12-19-11-7-6-9-15-8-4-5-10-16(15)19/h4-5,8,10,14,18,20H,6-7,9,11-13H2,1-3H3. The van der Waals surface area contributed by atoms with Gasteiger partial charge in [-0.2, -0.15) is 0 Å². The quantitative estimate of drug-likeness (QED) is 0.867. The van der Waals surface area contributed by atoms with Gasteiger partial charge < -0.3 is 15.3 Å². The third-order valence-electron chi connectivity index (χ3n) is 3.98. The van der Waals surface area contributed by atoms with E-state index in [-0.39, 0.29) is 12.1 Å². The minimum atomic E-state index is -0.258. The topological polar surface area (TPSA) is 35.5 Å². The second kappa shape index (κ2) is 6.59. The average molecular weight is 276 g/mol. The number of fused-ring (bicyclic) bond motifs is 1. The molecule has 0 bridgehead atoms. The highest BCUT2D eigenvalue weighted by Crippen LogP contribution is 2.27. The molecule has 1 aliphatic heterocycles. The summed E-state index contributed by atoms with van der Waals surface area (Å²) in [7, 11) is 0. The predicted molar refractivity (Wildman–Crippen MR) is 85.4 cm³/mol. The van der Waals surface area contributed by atoms with Crippen LogP contribution in [0.2, 0.25) is 0 Å². The fraction of sp³-hybridized carbons (Fsp3) is 0.647. The summed E-state index contributed by atoms with van der Waals surface area (Å²) in [5, 5.41) is 13.3. The molecule has 1 aromatic rings. The van der Waals surface area contributed by atoms with Crippen molar-refractivity contribution in [1.82, 2.24) is 5.32 Å². The van der Waals surface area contributed by atoms with Crippen LogP contribution < -0.4 is 10.2 Å². The number of nitrogens with zero attached hydrogens (tertiary/aromatic N) is 1. The lowest BCUT2D eigenvalue weighted by atomic mass is 10.0. The fourth-order valence-corrected chi connectivity index (χ4v) is 3.19. The second-order valence-corrected chi connectivity index (χ2v) is 6.53. The Morgan fingerprint density at radius 2 is 2.05 bits per heavy atom. The van der Waals surface area contributed by atoms with Crippen molar-refractivity contribution >= 4 is 5.69 Å². The van der Waals surface area contributed by atoms with E-state index >= 15 is 0 Å². The number of hydrogen-bond donors (Lipinski definition) is 2. The largest absolute Gasteiger partial charge is 0.394 e. The van der Waals surface area contributed by atoms with Crippen LogP contribution in [0.4, 0.5) is 5.69 Å². The maximum absolute atomic E-state index is 9.79. The van der Waals surface area contributed by atoms with Crippen molar-refractivity contribution in [2.75, 3.05) is 24.6 Å². The molecule has 0 aliphatic carbocycles. The first-order chi connectivity index (χ1) is 9.54. The van der Waals surface area contributed by atoms with E-state index in [9.17, 15) is 5.11 Å². The zero-order chi connectivity index (χ0) is 14.6. The summed E-state index contributed by atoms with van der Waals surface area (Å²) < 4.78 is 0. The number of hydrogen-bond acceptors (Lipinski definition) is 3. The zero-order valence-electron chi connectivity index (χ0n) is 13.0. The van der Waals surface area contributed by atoms with E-state index in [1.807, 2.05) is 0 Å². The van der Waals surface area contributed by atoms with Crippen molar-refractivity contribution < 1.29 is 5.11 Å². The Labute approximate surface area is 123 Å². The van der Waals surface area contributed by atoms with E-state index in [1.165, 1.54) is 30.5 Å². The van der Waals surface area contributed by atoms with E-state index in [0.717, 1.165) is 13.1 Å². The van der Waals surface area contributed by atoms with Gasteiger partial charge in [-0.15, -0.1) is 0 Å². The monoisotopic (exact) mass is 276 g/mol. The molecule has 3 heteroatoms. The lowest BCUT2D eigenvalue weighted by Crippen LogP contribution is -2.56. The van der Waals surface area contributed by atoms with Crippen LogP contribution in [0, 0.1) is 0 Å². The Morgan fingerprint density at radius 1 is 1.30 bits per heavy atom. The van der Waals surface area contributed by atoms with Gasteiger partial charge in [-0.25, -0.2) is 0 Å². The highest BCUT2D eigenvalue weighted by atomic mass is 16.3. The number of aryl methyl sites for hydroxylation is 1. The van der Waals surface area contributed by atoms with Crippen LogP contribution in [0.15, 0.2) is 24.3 Å². The van der Waals surface area contributed by atoms with Gasteiger partial charge in [0.25, 0.3) is 0 Å². The Morgan fingerprint density at radius 3 is 2.75 bits per heavy atom. The summed E-state index contributed by atoms with van der Waals surface area (Å²) in [6.07, 6.45) is 3.64. The molecule has 112 valence electrons. The molecule has 0 aromatic heterocycles. The molecule has 2 N–H and O–H groups in total. The molecule has 3 nitrogen and oxygen atoms in total. The number of aliphatic hydroxyl groups is 1. The summed E-state index contributed by atoms with van der Waals surface area (Å²) in [4.78, 5) is 2.44. The lowest BCUT2D eigenvalue weighted by Gasteiger charge is -2.37. The molecule has 0 radical (unpaired) electrons. The highest BCUT2D eigenvalue weighted by Gasteiger charge is 2.28. The first-order valence-electron chi connectivity index (χ1n) is 7.75. The number of nitrogens with one attached hydrogen (secondary N) is 1. The van der Waals surface area contributed by atoms with Gasteiger partial charge in [0.1, 0.15) is 0 Å². The van der Waals surface area contributed by atoms with Gasteiger partial charge in [-0.3, -0.25) is 0 Å². The Hall–Kier alpha value is -1.06. The Kier molecular flexibility index (Phi) is 5.06. The predicted octanol–water partition coefficient (Wildman–Crippen LogP) is 2.58. The third kappa shape index (κ3) is 3.74. The van der Waals surface area contributed by atoms with E-state index in [2.05, 4.69) is 55.3 Å². The first-order valence-corrected chi connectivity index (χ1v) is 7.75. The lowest BCUT2D eigenvalue weighted by molar-refractivity contribution is 0.169. The number of benzene rings is 1. The molecule has 0 amide bonds. The summed E-state index contributed by atoms with van der Waals surface area (Å²) in [6, 6.07) is 9.06. The minimum absolute atomic E-state index is 0.157. The average Bonchev–Trinajstić information content (AvgIpc) is 2.61. The van der Waals surface area contributed by atoms with Crippen molar-refractivity contribution in [2.45, 2.75) is 51.6 Å². The number of aliphatic hydroxyl groups excluding tert-OH is 1. The molecule has 1 aromatic carbocycles. The van der Waals surface area contributed by atoms with Crippen LogP contribution >= 0.6 is 0 Å². The van der Waals surface area contributed by atoms with Gasteiger partial charge in [0.15, 0.2) is 0 Å². The molecule has 1 aliphatic rings. The third-order valence-corrected chi connectivity index (χ3v) is 3.98. The molecule has 0 fully saturated rings. The van der Waals surface area contributed by atoms with Gasteiger partial charge in [0.2, 0.25) is 0 Å². The molecule has 1 atom stereocenters. The molecule has 2 rings (SSSR count). The van der Waals surface area contributed by atoms with Crippen molar-refractivity contribution in [3.63, 3.8) is 0 Å². The fourth-order valence-electron chi connectivity index (χ4n) is 3.19. The van der Waals surface area contributed by atoms with E-state index in [1.54, 1.807) is 0 Å². The maximum atomic E-state index is 9.79. The molecule has 20 heavy (non-hydrogen) atoms. The van der Waals surface area contributed by atoms with Gasteiger partial charge in [-0.1, -0.05) is 32.0 Å². The maximum Gasteiger partial charge on any atom is 0.0628 e. The van der Waals surface area contributed by atoms with Gasteiger partial charge in [-0.05, 0) is 37.8 Å². The second-order valence-electron chi connectivity index (χ2n) is 6.53. The summed E-state index contributed by atoms with van der Waals surface area (Å²) in [5.41, 5.74) is 2.52. The zero-order valence-corrected chi connectivity index (χ0v) is 13.0. The van der Waals surface area contributed by atoms with E-state index < -0.39 is 0 Å². The van der Waals surface area contributed by atoms with Gasteiger partial charge in [0.05, 0.1) is 12.1 Å². The molecule has 0 spiro atoms. The summed E-state index contributed by atoms with van der Waals surface area (Å²) >= 11 is 0. The number of rotatable bonds is 5. The smallest absolute Gasteiger partial charge is 0.0628 e. The van der Waals surface area contributed by atoms with Crippen molar-refractivity contribution in [2.24, 2.45) is 0 Å². The van der Waals surface area contributed by atoms with Crippen LogP contribution in [-0.4, -0.2) is 36.4 Å². The molecule has 1 heterocycles. The van der Waals surface area contributed by atoms with Crippen LogP contribution in [0.3, 0.4) is 0 Å². The van der Waals surface area contributed by atoms with Crippen LogP contribution in [0.1, 0.15) is 39.2 Å². The van der Waals surface area contributed by atoms with Gasteiger partial charge >= 0.3 is 0 Å². The van der Waals surface area contributed by atoms with E-state index in [0.29, 0.717) is 6.04 Å². The van der Waals surface area contributed by atoms with Crippen molar-refractivity contribution in [1.29, 1.82) is 0 Å². The number of anilines is 1. The number of para-hydroxylation sites is 1. The van der Waals surface area contributed by atoms with Gasteiger partial charge in [0, 0.05) is 24.8 Å². The van der Waals surface area contributed by atoms with Crippen molar-refractivity contribution in [3.05, 3.63) is 29.8 Å². The normalized spacial score (nSPS) is 18.6. The minimum Gasteiger partial charge on any atom is -0.394 e. The molecule has 0 saturated heterocycles. The summed E-state index contributed by atoms with van der Waals surface area (Å²) in [6.45, 7) is 8.45. The Bertz CT molecular complexity index is 433. The van der Waals surface area contributed by atoms with Crippen LogP contribution in [0.25, 0.3) is 0 Å². The first kappa shape index (κ1) is 15.3. The highest BCUT2D eigenvalue weighted by molar-refractivity contribution is 5.54.